The van der Waals surface area contributed by atoms with E-state index in [-0.39, 0.29) is 5.82 Å². The first-order valence-corrected chi connectivity index (χ1v) is 8.56. The van der Waals surface area contributed by atoms with E-state index in [0.717, 1.165) is 22.7 Å². The maximum atomic E-state index is 13.2. The predicted molar refractivity (Wildman–Crippen MR) is 93.7 cm³/mol. The quantitative estimate of drug-likeness (QED) is 0.720. The minimum Gasteiger partial charge on any atom is -0.355 e. The van der Waals surface area contributed by atoms with Crippen LogP contribution in [0.15, 0.2) is 42.6 Å². The van der Waals surface area contributed by atoms with Crippen molar-refractivity contribution in [2.24, 2.45) is 0 Å². The molecule has 1 aliphatic carbocycles. The van der Waals surface area contributed by atoms with Crippen LogP contribution in [0.2, 0.25) is 0 Å². The lowest BCUT2D eigenvalue weighted by molar-refractivity contribution is 0.425. The molecular formula is C19H21FN4. The van der Waals surface area contributed by atoms with Crippen molar-refractivity contribution in [2.45, 2.75) is 38.1 Å². The van der Waals surface area contributed by atoms with E-state index in [1.165, 1.54) is 44.2 Å². The minimum absolute atomic E-state index is 0.238. The van der Waals surface area contributed by atoms with Crippen LogP contribution in [0.5, 0.6) is 0 Å². The number of benzene rings is 1. The topological polar surface area (TPSA) is 33.4 Å². The van der Waals surface area contributed by atoms with Crippen LogP contribution in [-0.2, 0) is 0 Å². The zero-order valence-corrected chi connectivity index (χ0v) is 13.8. The Morgan fingerprint density at radius 1 is 1.04 bits per heavy atom. The number of anilines is 1. The third-order valence-electron chi connectivity index (χ3n) is 4.97. The van der Waals surface area contributed by atoms with Crippen LogP contribution in [0.4, 0.5) is 10.2 Å². The number of nitrogens with zero attached hydrogens (tertiary/aromatic N) is 4. The van der Waals surface area contributed by atoms with Crippen molar-refractivity contribution in [1.82, 2.24) is 14.6 Å². The van der Waals surface area contributed by atoms with Crippen molar-refractivity contribution in [2.75, 3.05) is 11.9 Å². The van der Waals surface area contributed by atoms with E-state index in [2.05, 4.69) is 16.9 Å². The van der Waals surface area contributed by atoms with E-state index in [1.54, 1.807) is 18.3 Å². The first-order chi connectivity index (χ1) is 11.7. The molecule has 0 spiro atoms. The highest BCUT2D eigenvalue weighted by atomic mass is 19.1. The molecule has 1 aliphatic rings. The molecule has 2 aromatic heterocycles. The third-order valence-corrected chi connectivity index (χ3v) is 4.97. The van der Waals surface area contributed by atoms with Gasteiger partial charge in [0.15, 0.2) is 5.65 Å². The number of hydrogen-bond donors (Lipinski definition) is 0. The molecule has 24 heavy (non-hydrogen) atoms. The SMILES string of the molecule is CN(c1ccc2ncc(-c3ccc(F)cc3)n2n1)C1CCCCC1. The van der Waals surface area contributed by atoms with Gasteiger partial charge in [-0.25, -0.2) is 13.9 Å². The molecule has 0 amide bonds. The number of rotatable bonds is 3. The summed E-state index contributed by atoms with van der Waals surface area (Å²) in [6.45, 7) is 0. The molecule has 2 heterocycles. The fourth-order valence-corrected chi connectivity index (χ4v) is 3.52. The van der Waals surface area contributed by atoms with Crippen LogP contribution >= 0.6 is 0 Å². The number of hydrogen-bond acceptors (Lipinski definition) is 3. The number of imidazole rings is 1. The zero-order valence-electron chi connectivity index (χ0n) is 13.8. The van der Waals surface area contributed by atoms with Gasteiger partial charge in [-0.3, -0.25) is 0 Å². The Morgan fingerprint density at radius 3 is 2.54 bits per heavy atom. The van der Waals surface area contributed by atoms with Gasteiger partial charge in [0.25, 0.3) is 0 Å². The molecule has 0 aliphatic heterocycles. The van der Waals surface area contributed by atoms with Gasteiger partial charge in [-0.1, -0.05) is 19.3 Å². The summed E-state index contributed by atoms with van der Waals surface area (Å²) in [6, 6.07) is 11.0. The second-order valence-corrected chi connectivity index (χ2v) is 6.51. The molecule has 5 heteroatoms. The second-order valence-electron chi connectivity index (χ2n) is 6.51. The van der Waals surface area contributed by atoms with E-state index >= 15 is 0 Å². The maximum Gasteiger partial charge on any atom is 0.154 e. The summed E-state index contributed by atoms with van der Waals surface area (Å²) in [7, 11) is 2.12. The summed E-state index contributed by atoms with van der Waals surface area (Å²) in [5.74, 6) is 0.717. The summed E-state index contributed by atoms with van der Waals surface area (Å²) < 4.78 is 15.0. The van der Waals surface area contributed by atoms with Gasteiger partial charge in [-0.05, 0) is 49.2 Å². The van der Waals surface area contributed by atoms with Crippen LogP contribution in [0.1, 0.15) is 32.1 Å². The van der Waals surface area contributed by atoms with Crippen molar-refractivity contribution >= 4 is 11.5 Å². The molecule has 0 bridgehead atoms. The molecule has 0 atom stereocenters. The molecule has 1 fully saturated rings. The Labute approximate surface area is 140 Å². The minimum atomic E-state index is -0.238. The van der Waals surface area contributed by atoms with Crippen LogP contribution < -0.4 is 4.90 Å². The summed E-state index contributed by atoms with van der Waals surface area (Å²) in [6.07, 6.45) is 8.18. The Morgan fingerprint density at radius 2 is 1.79 bits per heavy atom. The standard InChI is InChI=1S/C19H21FN4/c1-23(16-5-3-2-4-6-16)19-12-11-18-21-13-17(24(18)22-19)14-7-9-15(20)10-8-14/h7-13,16H,2-6H2,1H3. The van der Waals surface area contributed by atoms with Gasteiger partial charge in [-0.2, -0.15) is 0 Å². The molecule has 0 saturated heterocycles. The largest absolute Gasteiger partial charge is 0.355 e. The lowest BCUT2D eigenvalue weighted by Gasteiger charge is -2.31. The average molecular weight is 324 g/mol. The van der Waals surface area contributed by atoms with Crippen molar-refractivity contribution in [3.05, 3.63) is 48.4 Å². The number of fused-ring (bicyclic) bond motifs is 1. The van der Waals surface area contributed by atoms with E-state index in [0.29, 0.717) is 6.04 Å². The predicted octanol–water partition coefficient (Wildman–Crippen LogP) is 4.30. The zero-order chi connectivity index (χ0) is 16.5. The van der Waals surface area contributed by atoms with Crippen LogP contribution in [-0.4, -0.2) is 27.7 Å². The average Bonchev–Trinajstić information content (AvgIpc) is 3.05. The Bertz CT molecular complexity index is 834. The molecule has 4 rings (SSSR count). The summed E-state index contributed by atoms with van der Waals surface area (Å²) in [5.41, 5.74) is 2.59. The Kier molecular flexibility index (Phi) is 3.92. The second kappa shape index (κ2) is 6.23. The molecular weight excluding hydrogens is 303 g/mol. The van der Waals surface area contributed by atoms with Gasteiger partial charge in [-0.15, -0.1) is 5.10 Å². The fraction of sp³-hybridized carbons (Fsp3) is 0.368. The molecule has 124 valence electrons. The molecule has 1 aromatic carbocycles. The van der Waals surface area contributed by atoms with E-state index in [1.807, 2.05) is 16.6 Å². The van der Waals surface area contributed by atoms with Crippen molar-refractivity contribution in [1.29, 1.82) is 0 Å². The fourth-order valence-electron chi connectivity index (χ4n) is 3.52. The number of halogens is 1. The molecule has 0 radical (unpaired) electrons. The number of aromatic nitrogens is 3. The molecule has 0 N–H and O–H groups in total. The monoisotopic (exact) mass is 324 g/mol. The van der Waals surface area contributed by atoms with E-state index in [4.69, 9.17) is 5.10 Å². The lowest BCUT2D eigenvalue weighted by atomic mass is 9.94. The highest BCUT2D eigenvalue weighted by Crippen LogP contribution is 2.26. The molecule has 0 unspecified atom stereocenters. The Balaban J connectivity index is 1.71. The highest BCUT2D eigenvalue weighted by Gasteiger charge is 2.20. The summed E-state index contributed by atoms with van der Waals surface area (Å²) in [4.78, 5) is 6.70. The molecule has 4 nitrogen and oxygen atoms in total. The first-order valence-electron chi connectivity index (χ1n) is 8.56. The highest BCUT2D eigenvalue weighted by molar-refractivity contribution is 5.63. The van der Waals surface area contributed by atoms with Crippen LogP contribution in [0.25, 0.3) is 16.9 Å². The third kappa shape index (κ3) is 2.75. The smallest absolute Gasteiger partial charge is 0.154 e. The van der Waals surface area contributed by atoms with Gasteiger partial charge in [0.2, 0.25) is 0 Å². The molecule has 3 aromatic rings. The van der Waals surface area contributed by atoms with Crippen molar-refractivity contribution < 1.29 is 4.39 Å². The first kappa shape index (κ1) is 15.1. The van der Waals surface area contributed by atoms with Crippen LogP contribution in [0, 0.1) is 5.82 Å². The normalized spacial score (nSPS) is 15.8. The summed E-state index contributed by atoms with van der Waals surface area (Å²) >= 11 is 0. The van der Waals surface area contributed by atoms with Crippen LogP contribution in [0.3, 0.4) is 0 Å². The van der Waals surface area contributed by atoms with Crippen molar-refractivity contribution in [3.8, 4) is 11.3 Å². The van der Waals surface area contributed by atoms with Crippen molar-refractivity contribution in [3.63, 3.8) is 0 Å². The maximum absolute atomic E-state index is 13.2. The van der Waals surface area contributed by atoms with Gasteiger partial charge < -0.3 is 4.90 Å². The van der Waals surface area contributed by atoms with Gasteiger partial charge in [0.05, 0.1) is 11.9 Å². The van der Waals surface area contributed by atoms with E-state index in [9.17, 15) is 4.39 Å². The van der Waals surface area contributed by atoms with Gasteiger partial charge in [0.1, 0.15) is 11.6 Å². The van der Waals surface area contributed by atoms with E-state index < -0.39 is 0 Å². The van der Waals surface area contributed by atoms with Gasteiger partial charge in [0, 0.05) is 18.7 Å². The summed E-state index contributed by atoms with van der Waals surface area (Å²) in [5, 5.41) is 4.80. The van der Waals surface area contributed by atoms with Gasteiger partial charge >= 0.3 is 0 Å². The Hall–Kier alpha value is -2.43. The molecule has 1 saturated carbocycles. The lowest BCUT2D eigenvalue weighted by Crippen LogP contribution is -2.34.